The van der Waals surface area contributed by atoms with Crippen molar-refractivity contribution in [2.75, 3.05) is 44.8 Å². The van der Waals surface area contributed by atoms with Crippen LogP contribution in [0.4, 0.5) is 0 Å². The highest BCUT2D eigenvalue weighted by atomic mass is 32.2. The number of carbonyl (C=O) groups excluding carboxylic acids is 14. The van der Waals surface area contributed by atoms with E-state index in [0.717, 1.165) is 22.0 Å². The van der Waals surface area contributed by atoms with Gasteiger partial charge in [0.05, 0.1) is 55.8 Å². The molecule has 3 aromatic heterocycles. The van der Waals surface area contributed by atoms with Crippen LogP contribution in [-0.2, 0) is 113 Å². The first-order chi connectivity index (χ1) is 56.1. The number of aromatic hydroxyl groups is 1. The summed E-state index contributed by atoms with van der Waals surface area (Å²) in [6.45, 7) is 0.438. The lowest BCUT2D eigenvalue weighted by atomic mass is 9.97. The standard InChI is InChI=1S/C77H99N23O16S/c1-5-52-68(108)94-56(28-46-18-12-17-45-16-10-11-19-51(45)46)71(111)95-57(29-47-32-81-40-87-47)66(106)86-36-64(104)90-60(37-101)74(114)93-54(20-13-25-84-77(79)80)76(116)100(4)62(27-44-21-23-50(102)24-22-44)75(115)97-58(30-48-33-82-41-88-48)72(112)92-53(6-2)69(109)96-59(31-49-34-83-42-99(49)3)73(113)98-61(67(107)85-35-63(78)103)38-117-39-65(105)89-55(70(110)91-52)26-43-14-8-7-9-15-43/h7-12,14-19,21-24,32-34,40-42,52-62,101-102H,5-6,13,20,25-31,35-39H2,1-4H3,(H2,78,103)(H,81,87)(H,82,88)(H,85,107)(H,86,106)(H,89,105)(H,90,104)(H,91,110)(H,92,112)(H,93,114)(H,94,108)(H,95,111)(H,96,109)(H,97,115)(H,98,113)(H4,79,80,84)/t52-,53-,54-,55-,56-,57-,58-,59-,60-,61-,62-/m0/s1. The number of phenolic OH excluding ortho intramolecular Hbond substituents is 1. The molecule has 4 aromatic carbocycles. The number of aromatic nitrogens is 6. The molecule has 1 saturated heterocycles. The number of primary amides is 1. The molecule has 1 aliphatic rings. The van der Waals surface area contributed by atoms with Crippen molar-refractivity contribution < 1.29 is 77.3 Å². The van der Waals surface area contributed by atoms with E-state index in [1.54, 1.807) is 67.1 Å². The van der Waals surface area contributed by atoms with Crippen LogP contribution in [0.15, 0.2) is 135 Å². The van der Waals surface area contributed by atoms with E-state index in [9.17, 15) is 63.0 Å². The van der Waals surface area contributed by atoms with E-state index >= 15 is 14.4 Å². The number of nitrogens with zero attached hydrogens (tertiary/aromatic N) is 5. The molecular formula is C77H99N23O16S. The quantitative estimate of drug-likeness (QED) is 0.0173. The molecule has 40 heteroatoms. The minimum absolute atomic E-state index is 0.0178. The summed E-state index contributed by atoms with van der Waals surface area (Å²) in [4.78, 5) is 222. The lowest BCUT2D eigenvalue weighted by Crippen LogP contribution is -2.61. The largest absolute Gasteiger partial charge is 0.508 e. The first kappa shape index (κ1) is 89.3. The molecule has 7 aromatic rings. The van der Waals surface area contributed by atoms with Gasteiger partial charge in [-0.1, -0.05) is 98.8 Å². The predicted molar refractivity (Wildman–Crippen MR) is 426 cm³/mol. The SMILES string of the molecule is CC[C@@H]1NC(=O)[C@H](Cc2ccccc2)NC(=O)CSC[C@@H](C(=O)NCC(N)=O)NC(=O)[C@H](Cc2cncn2C)NC(=O)[C@H](CC)NC(=O)[C@H](Cc2c[nH]cn2)NC(=O)[C@H](Cc2ccc(O)cc2)N(C)C(=O)[C@H](CCCNC(=N)N)NC(=O)[C@H](CO)NC(=O)CNC(=O)[C@H](Cc2c[nH]cn2)NC(=O)[C@H](Cc2cccc3ccccc23)NC1=O. The second kappa shape index (κ2) is 44.4. The normalized spacial score (nSPS) is 22.2. The van der Waals surface area contributed by atoms with Crippen LogP contribution >= 0.6 is 11.8 Å². The van der Waals surface area contributed by atoms with E-state index in [0.29, 0.717) is 27.8 Å². The van der Waals surface area contributed by atoms with Gasteiger partial charge >= 0.3 is 0 Å². The number of thioether (sulfide) groups is 1. The number of hydrogen-bond donors (Lipinski definition) is 20. The van der Waals surface area contributed by atoms with Crippen LogP contribution in [0, 0.1) is 5.41 Å². The van der Waals surface area contributed by atoms with Crippen LogP contribution in [0.25, 0.3) is 10.8 Å². The van der Waals surface area contributed by atoms with Crippen molar-refractivity contribution in [3.05, 3.63) is 168 Å². The molecular weight excluding hydrogens is 1540 g/mol. The molecule has 8 rings (SSSR count). The second-order valence-electron chi connectivity index (χ2n) is 27.7. The fourth-order valence-corrected chi connectivity index (χ4v) is 13.5. The zero-order valence-corrected chi connectivity index (χ0v) is 65.6. The van der Waals surface area contributed by atoms with E-state index in [-0.39, 0.29) is 93.6 Å². The number of H-pyrrole nitrogens is 2. The van der Waals surface area contributed by atoms with Gasteiger partial charge in [-0.3, -0.25) is 72.5 Å². The molecule has 4 heterocycles. The Morgan fingerprint density at radius 1 is 0.556 bits per heavy atom. The summed E-state index contributed by atoms with van der Waals surface area (Å²) in [5.74, 6) is -14.7. The van der Waals surface area contributed by atoms with Gasteiger partial charge < -0.3 is 110 Å². The molecule has 0 bridgehead atoms. The fraction of sp³-hybridized carbons (Fsp3) is 0.403. The number of aromatic amines is 2. The molecule has 0 aliphatic carbocycles. The molecule has 0 spiro atoms. The minimum atomic E-state index is -1.83. The van der Waals surface area contributed by atoms with Gasteiger partial charge in [0.2, 0.25) is 82.7 Å². The van der Waals surface area contributed by atoms with Gasteiger partial charge in [0, 0.05) is 89.2 Å². The zero-order chi connectivity index (χ0) is 84.7. The number of carbonyl (C=O) groups is 14. The number of aliphatic hydroxyl groups is 1. The molecule has 14 amide bonds. The molecule has 0 saturated carbocycles. The van der Waals surface area contributed by atoms with Crippen LogP contribution in [0.2, 0.25) is 0 Å². The van der Waals surface area contributed by atoms with E-state index in [1.807, 2.05) is 24.3 Å². The van der Waals surface area contributed by atoms with Gasteiger partial charge in [0.15, 0.2) is 5.96 Å². The van der Waals surface area contributed by atoms with E-state index < -0.39 is 181 Å². The van der Waals surface area contributed by atoms with Crippen molar-refractivity contribution in [3.63, 3.8) is 0 Å². The Bertz CT molecular complexity index is 4600. The van der Waals surface area contributed by atoms with E-state index in [4.69, 9.17) is 16.9 Å². The number of nitrogens with one attached hydrogen (secondary N) is 16. The van der Waals surface area contributed by atoms with Gasteiger partial charge in [-0.2, -0.15) is 0 Å². The zero-order valence-electron chi connectivity index (χ0n) is 64.8. The number of phenols is 1. The Kier molecular flexibility index (Phi) is 33.9. The number of nitrogens with two attached hydrogens (primary N) is 2. The number of fused-ring (bicyclic) bond motifs is 1. The van der Waals surface area contributed by atoms with Gasteiger partial charge in [-0.15, -0.1) is 11.8 Å². The molecule has 117 heavy (non-hydrogen) atoms. The van der Waals surface area contributed by atoms with E-state index in [2.05, 4.69) is 94.0 Å². The number of hydrogen-bond acceptors (Lipinski definition) is 21. The number of imidazole rings is 3. The number of amides is 14. The maximum atomic E-state index is 15.2. The average Bonchev–Trinajstić information content (AvgIpc) is 1.81. The number of guanidine groups is 1. The van der Waals surface area contributed by atoms with Gasteiger partial charge in [-0.05, 0) is 65.3 Å². The summed E-state index contributed by atoms with van der Waals surface area (Å²) < 4.78 is 1.55. The lowest BCUT2D eigenvalue weighted by molar-refractivity contribution is -0.143. The Morgan fingerprint density at radius 3 is 1.66 bits per heavy atom. The van der Waals surface area contributed by atoms with Crippen LogP contribution in [0.5, 0.6) is 5.75 Å². The third-order valence-corrected chi connectivity index (χ3v) is 20.1. The van der Waals surface area contributed by atoms with Crippen molar-refractivity contribution in [1.82, 2.24) is 104 Å². The van der Waals surface area contributed by atoms with Crippen molar-refractivity contribution in [2.24, 2.45) is 18.5 Å². The van der Waals surface area contributed by atoms with Gasteiger partial charge in [0.1, 0.15) is 72.2 Å². The Labute approximate surface area is 676 Å². The number of likely N-dealkylation sites (N-methyl/N-ethyl adjacent to an activating group) is 1. The monoisotopic (exact) mass is 1630 g/mol. The summed E-state index contributed by atoms with van der Waals surface area (Å²) in [6, 6.07) is 9.61. The van der Waals surface area contributed by atoms with Crippen molar-refractivity contribution >= 4 is 111 Å². The Hall–Kier alpha value is -13.3. The molecule has 22 N–H and O–H groups in total. The first-order valence-electron chi connectivity index (χ1n) is 37.7. The topological polar surface area (TPSA) is 590 Å². The van der Waals surface area contributed by atoms with Crippen LogP contribution in [-0.4, -0.2) is 245 Å². The summed E-state index contributed by atoms with van der Waals surface area (Å²) in [5, 5.41) is 64.1. The highest BCUT2D eigenvalue weighted by molar-refractivity contribution is 8.00. The summed E-state index contributed by atoms with van der Waals surface area (Å²) in [6.07, 6.45) is 6.33. The highest BCUT2D eigenvalue weighted by Gasteiger charge is 2.39. The molecule has 1 aliphatic heterocycles. The Balaban J connectivity index is 1.17. The van der Waals surface area contributed by atoms with Gasteiger partial charge in [0.25, 0.3) is 0 Å². The third-order valence-electron chi connectivity index (χ3n) is 19.0. The summed E-state index contributed by atoms with van der Waals surface area (Å²) >= 11 is 0.817. The second-order valence-corrected chi connectivity index (χ2v) is 28.8. The van der Waals surface area contributed by atoms with Crippen LogP contribution in [0.3, 0.4) is 0 Å². The molecule has 11 atom stereocenters. The number of rotatable bonds is 22. The number of benzene rings is 4. The average molecular weight is 1630 g/mol. The van der Waals surface area contributed by atoms with Gasteiger partial charge in [-0.25, -0.2) is 15.0 Å². The molecule has 39 nitrogen and oxygen atoms in total. The minimum Gasteiger partial charge on any atom is -0.508 e. The predicted octanol–water partition coefficient (Wildman–Crippen LogP) is -4.30. The smallest absolute Gasteiger partial charge is 0.245 e. The summed E-state index contributed by atoms with van der Waals surface area (Å²) in [5.41, 5.74) is 13.4. The fourth-order valence-electron chi connectivity index (χ4n) is 12.6. The Morgan fingerprint density at radius 2 is 1.08 bits per heavy atom. The number of aryl methyl sites for hydroxylation is 1. The highest BCUT2D eigenvalue weighted by Crippen LogP contribution is 2.22. The third kappa shape index (κ3) is 27.5. The molecule has 0 radical (unpaired) electrons. The lowest BCUT2D eigenvalue weighted by Gasteiger charge is -2.33. The first-order valence-corrected chi connectivity index (χ1v) is 38.8. The van der Waals surface area contributed by atoms with Crippen molar-refractivity contribution in [3.8, 4) is 5.75 Å². The molecule has 1 fully saturated rings. The van der Waals surface area contributed by atoms with Crippen LogP contribution < -0.4 is 80.6 Å². The molecule has 0 unspecified atom stereocenters. The van der Waals surface area contributed by atoms with Crippen molar-refractivity contribution in [2.45, 2.75) is 145 Å². The van der Waals surface area contributed by atoms with E-state index in [1.165, 1.54) is 75.8 Å². The number of aliphatic hydroxyl groups excluding tert-OH is 1. The summed E-state index contributed by atoms with van der Waals surface area (Å²) in [7, 11) is 2.84. The van der Waals surface area contributed by atoms with Crippen molar-refractivity contribution in [1.29, 1.82) is 5.41 Å². The maximum absolute atomic E-state index is 15.2. The van der Waals surface area contributed by atoms with Crippen LogP contribution in [0.1, 0.15) is 73.3 Å². The maximum Gasteiger partial charge on any atom is 0.245 e. The molecule has 624 valence electrons.